The maximum absolute atomic E-state index is 11.9. The Balaban J connectivity index is 2.31. The molecule has 2 rings (SSSR count). The largest absolute Gasteiger partial charge is 0.435 e. The zero-order chi connectivity index (χ0) is 13.1. The molecule has 8 heteroatoms. The van der Waals surface area contributed by atoms with Crippen LogP contribution < -0.4 is 16.2 Å². The van der Waals surface area contributed by atoms with E-state index < -0.39 is 12.3 Å². The lowest BCUT2D eigenvalue weighted by Crippen LogP contribution is -2.15. The Bertz CT molecular complexity index is 598. The van der Waals surface area contributed by atoms with E-state index in [4.69, 9.17) is 5.73 Å². The highest BCUT2D eigenvalue weighted by molar-refractivity contribution is 5.56. The first-order valence-corrected chi connectivity index (χ1v) is 4.83. The lowest BCUT2D eigenvalue weighted by atomic mass is 10.2. The number of halogens is 2. The third-order valence-corrected chi connectivity index (χ3v) is 2.02. The molecular formula is C10H8F2N4O2. The Morgan fingerprint density at radius 3 is 2.44 bits per heavy atom. The maximum atomic E-state index is 11.9. The molecule has 0 atom stereocenters. The lowest BCUT2D eigenvalue weighted by Gasteiger charge is -2.05. The molecule has 1 aromatic carbocycles. The lowest BCUT2D eigenvalue weighted by molar-refractivity contribution is -0.0498. The Labute approximate surface area is 99.5 Å². The molecule has 0 aliphatic carbocycles. The number of aromatic nitrogens is 3. The smallest absolute Gasteiger partial charge is 0.387 e. The van der Waals surface area contributed by atoms with Crippen LogP contribution in [0.25, 0.3) is 11.4 Å². The highest BCUT2D eigenvalue weighted by Gasteiger charge is 2.06. The molecule has 0 radical (unpaired) electrons. The predicted octanol–water partition coefficient (Wildman–Crippen LogP) is 1.02. The summed E-state index contributed by atoms with van der Waals surface area (Å²) in [6.45, 7) is -2.88. The van der Waals surface area contributed by atoms with Crippen LogP contribution in [-0.2, 0) is 0 Å². The Kier molecular flexibility index (Phi) is 3.18. The van der Waals surface area contributed by atoms with Crippen molar-refractivity contribution in [2.24, 2.45) is 0 Å². The number of nitrogen functional groups attached to an aromatic ring is 1. The summed E-state index contributed by atoms with van der Waals surface area (Å²) < 4.78 is 28.1. The van der Waals surface area contributed by atoms with Crippen molar-refractivity contribution < 1.29 is 13.5 Å². The van der Waals surface area contributed by atoms with Crippen molar-refractivity contribution >= 4 is 5.95 Å². The molecule has 6 nitrogen and oxygen atoms in total. The summed E-state index contributed by atoms with van der Waals surface area (Å²) in [5, 5.41) is 0. The van der Waals surface area contributed by atoms with E-state index in [-0.39, 0.29) is 17.5 Å². The van der Waals surface area contributed by atoms with Crippen LogP contribution in [0.2, 0.25) is 0 Å². The fraction of sp³-hybridized carbons (Fsp3) is 0.100. The number of hydrogen-bond acceptors (Lipinski definition) is 5. The van der Waals surface area contributed by atoms with Gasteiger partial charge in [0.05, 0.1) is 0 Å². The second-order valence-electron chi connectivity index (χ2n) is 3.26. The van der Waals surface area contributed by atoms with Crippen molar-refractivity contribution in [1.82, 2.24) is 15.0 Å². The molecular weight excluding hydrogens is 246 g/mol. The van der Waals surface area contributed by atoms with E-state index in [1.165, 1.54) is 24.3 Å². The zero-order valence-electron chi connectivity index (χ0n) is 8.93. The molecule has 3 N–H and O–H groups in total. The summed E-state index contributed by atoms with van der Waals surface area (Å²) in [4.78, 5) is 20.6. The molecule has 0 saturated heterocycles. The molecule has 94 valence electrons. The number of anilines is 1. The number of nitrogens with one attached hydrogen (secondary N) is 1. The molecule has 0 spiro atoms. The first-order valence-electron chi connectivity index (χ1n) is 4.83. The Hall–Kier alpha value is -2.51. The Morgan fingerprint density at radius 1 is 1.22 bits per heavy atom. The van der Waals surface area contributed by atoms with Gasteiger partial charge >= 0.3 is 12.3 Å². The average Bonchev–Trinajstić information content (AvgIpc) is 2.27. The van der Waals surface area contributed by atoms with Crippen molar-refractivity contribution in [3.8, 4) is 17.1 Å². The fourth-order valence-corrected chi connectivity index (χ4v) is 1.33. The summed E-state index contributed by atoms with van der Waals surface area (Å²) in [5.41, 5.74) is 5.20. The third-order valence-electron chi connectivity index (χ3n) is 2.02. The summed E-state index contributed by atoms with van der Waals surface area (Å²) in [5.74, 6) is 0.0517. The fourth-order valence-electron chi connectivity index (χ4n) is 1.33. The topological polar surface area (TPSA) is 93.9 Å². The van der Waals surface area contributed by atoms with E-state index in [9.17, 15) is 13.6 Å². The van der Waals surface area contributed by atoms with Crippen LogP contribution in [0.4, 0.5) is 14.7 Å². The Morgan fingerprint density at radius 2 is 1.89 bits per heavy atom. The van der Waals surface area contributed by atoms with Crippen LogP contribution in [0.1, 0.15) is 0 Å². The van der Waals surface area contributed by atoms with Crippen LogP contribution in [0.3, 0.4) is 0 Å². The normalized spacial score (nSPS) is 10.6. The number of nitrogens with two attached hydrogens (primary N) is 1. The molecule has 0 aliphatic rings. The number of alkyl halides is 2. The summed E-state index contributed by atoms with van der Waals surface area (Å²) in [6, 6.07) is 5.60. The number of nitrogens with zero attached hydrogens (tertiary/aromatic N) is 2. The van der Waals surface area contributed by atoms with Gasteiger partial charge in [-0.15, -0.1) is 0 Å². The van der Waals surface area contributed by atoms with Crippen molar-refractivity contribution in [3.63, 3.8) is 0 Å². The van der Waals surface area contributed by atoms with Crippen LogP contribution in [0.15, 0.2) is 29.1 Å². The van der Waals surface area contributed by atoms with Gasteiger partial charge in [0.2, 0.25) is 5.95 Å². The van der Waals surface area contributed by atoms with Crippen molar-refractivity contribution in [2.75, 3.05) is 5.73 Å². The van der Waals surface area contributed by atoms with Crippen LogP contribution in [0.5, 0.6) is 5.75 Å². The van der Waals surface area contributed by atoms with Crippen molar-refractivity contribution in [1.29, 1.82) is 0 Å². The van der Waals surface area contributed by atoms with Gasteiger partial charge in [-0.25, -0.2) is 4.79 Å². The molecule has 18 heavy (non-hydrogen) atoms. The van der Waals surface area contributed by atoms with E-state index in [2.05, 4.69) is 19.7 Å². The first-order chi connectivity index (χ1) is 8.54. The number of H-pyrrole nitrogens is 1. The monoisotopic (exact) mass is 254 g/mol. The third kappa shape index (κ3) is 2.78. The van der Waals surface area contributed by atoms with Gasteiger partial charge < -0.3 is 10.5 Å². The molecule has 0 unspecified atom stereocenters. The highest BCUT2D eigenvalue weighted by Crippen LogP contribution is 2.20. The molecule has 1 aromatic heterocycles. The van der Waals surface area contributed by atoms with Gasteiger partial charge in [-0.2, -0.15) is 18.7 Å². The summed E-state index contributed by atoms with van der Waals surface area (Å²) in [6.07, 6.45) is 0. The van der Waals surface area contributed by atoms with E-state index in [0.717, 1.165) is 0 Å². The second-order valence-corrected chi connectivity index (χ2v) is 3.26. The molecule has 1 heterocycles. The number of benzene rings is 1. The second kappa shape index (κ2) is 4.78. The SMILES string of the molecule is Nc1nc(-c2ccc(OC(F)F)cc2)[nH]c(=O)n1. The zero-order valence-corrected chi connectivity index (χ0v) is 8.93. The average molecular weight is 254 g/mol. The van der Waals surface area contributed by atoms with Crippen LogP contribution in [-0.4, -0.2) is 21.6 Å². The molecule has 0 aliphatic heterocycles. The predicted molar refractivity (Wildman–Crippen MR) is 59.1 cm³/mol. The minimum atomic E-state index is -2.88. The highest BCUT2D eigenvalue weighted by atomic mass is 19.3. The van der Waals surface area contributed by atoms with Gasteiger partial charge in [-0.1, -0.05) is 0 Å². The van der Waals surface area contributed by atoms with Crippen LogP contribution >= 0.6 is 0 Å². The first kappa shape index (κ1) is 12.0. The number of rotatable bonds is 3. The number of aromatic amines is 1. The van der Waals surface area contributed by atoms with Crippen LogP contribution in [0, 0.1) is 0 Å². The van der Waals surface area contributed by atoms with E-state index in [1.54, 1.807) is 0 Å². The van der Waals surface area contributed by atoms with Gasteiger partial charge in [0.25, 0.3) is 0 Å². The molecule has 0 fully saturated rings. The van der Waals surface area contributed by atoms with Crippen molar-refractivity contribution in [3.05, 3.63) is 34.7 Å². The molecule has 0 amide bonds. The molecule has 2 aromatic rings. The van der Waals surface area contributed by atoms with Gasteiger partial charge in [0, 0.05) is 5.56 Å². The minimum absolute atomic E-state index is 0.0122. The summed E-state index contributed by atoms with van der Waals surface area (Å²) in [7, 11) is 0. The molecule has 0 saturated carbocycles. The molecule has 0 bridgehead atoms. The number of hydrogen-bond donors (Lipinski definition) is 2. The van der Waals surface area contributed by atoms with Gasteiger partial charge in [0.15, 0.2) is 0 Å². The van der Waals surface area contributed by atoms with E-state index in [1.807, 2.05) is 0 Å². The summed E-state index contributed by atoms with van der Waals surface area (Å²) >= 11 is 0. The quantitative estimate of drug-likeness (QED) is 0.852. The van der Waals surface area contributed by atoms with Crippen molar-refractivity contribution in [2.45, 2.75) is 6.61 Å². The standard InChI is InChI=1S/C10H8F2N4O2/c11-8(12)18-6-3-1-5(2-4-6)7-14-9(13)16-10(17)15-7/h1-4,8H,(H3,13,14,15,16,17). The van der Waals surface area contributed by atoms with Gasteiger partial charge in [-0.05, 0) is 24.3 Å². The minimum Gasteiger partial charge on any atom is -0.435 e. The van der Waals surface area contributed by atoms with E-state index >= 15 is 0 Å². The van der Waals surface area contributed by atoms with Gasteiger partial charge in [-0.3, -0.25) is 4.98 Å². The number of ether oxygens (including phenoxy) is 1. The maximum Gasteiger partial charge on any atom is 0.387 e. The van der Waals surface area contributed by atoms with Gasteiger partial charge in [0.1, 0.15) is 11.6 Å². The van der Waals surface area contributed by atoms with E-state index in [0.29, 0.717) is 5.56 Å².